The molecule has 0 aliphatic carbocycles. The van der Waals surface area contributed by atoms with Crippen molar-refractivity contribution >= 4 is 27.7 Å². The van der Waals surface area contributed by atoms with Gasteiger partial charge in [0.05, 0.1) is 0 Å². The van der Waals surface area contributed by atoms with Gasteiger partial charge in [-0.2, -0.15) is 0 Å². The first kappa shape index (κ1) is 13.7. The highest BCUT2D eigenvalue weighted by molar-refractivity contribution is 9.10. The number of pyridine rings is 1. The molecule has 0 bridgehead atoms. The van der Waals surface area contributed by atoms with Crippen LogP contribution in [0.1, 0.15) is 12.0 Å². The maximum Gasteiger partial charge on any atom is 0.225 e. The molecule has 1 aromatic heterocycles. The van der Waals surface area contributed by atoms with Crippen LogP contribution in [0.5, 0.6) is 0 Å². The summed E-state index contributed by atoms with van der Waals surface area (Å²) in [6.45, 7) is 0. The van der Waals surface area contributed by atoms with Crippen molar-refractivity contribution in [3.05, 3.63) is 58.4 Å². The smallest absolute Gasteiger partial charge is 0.225 e. The lowest BCUT2D eigenvalue weighted by atomic mass is 10.1. The van der Waals surface area contributed by atoms with Gasteiger partial charge in [0.1, 0.15) is 11.6 Å². The maximum atomic E-state index is 13.4. The largest absolute Gasteiger partial charge is 0.311 e. The molecule has 0 spiro atoms. The van der Waals surface area contributed by atoms with Gasteiger partial charge in [0, 0.05) is 17.1 Å². The van der Waals surface area contributed by atoms with Crippen LogP contribution >= 0.6 is 15.9 Å². The fraction of sp³-hybridized carbons (Fsp3) is 0.143. The molecule has 0 fully saturated rings. The van der Waals surface area contributed by atoms with E-state index in [0.29, 0.717) is 17.8 Å². The summed E-state index contributed by atoms with van der Waals surface area (Å²) in [7, 11) is 0. The second-order valence-corrected chi connectivity index (χ2v) is 4.91. The number of nitrogens with zero attached hydrogens (tertiary/aromatic N) is 1. The maximum absolute atomic E-state index is 13.4. The molecule has 1 N–H and O–H groups in total. The molecule has 0 atom stereocenters. The number of carbonyl (C=O) groups is 1. The van der Waals surface area contributed by atoms with Crippen molar-refractivity contribution in [2.45, 2.75) is 12.8 Å². The van der Waals surface area contributed by atoms with Crippen LogP contribution in [0.4, 0.5) is 10.2 Å². The van der Waals surface area contributed by atoms with Crippen LogP contribution in [0.3, 0.4) is 0 Å². The van der Waals surface area contributed by atoms with E-state index in [0.717, 1.165) is 4.47 Å². The topological polar surface area (TPSA) is 42.0 Å². The van der Waals surface area contributed by atoms with E-state index in [1.165, 1.54) is 6.07 Å². The minimum absolute atomic E-state index is 0.186. The predicted molar refractivity (Wildman–Crippen MR) is 75.3 cm³/mol. The zero-order valence-electron chi connectivity index (χ0n) is 10.1. The van der Waals surface area contributed by atoms with Crippen LogP contribution < -0.4 is 5.32 Å². The number of benzene rings is 1. The summed E-state index contributed by atoms with van der Waals surface area (Å²) in [6.07, 6.45) is 2.18. The van der Waals surface area contributed by atoms with Gasteiger partial charge >= 0.3 is 0 Å². The Labute approximate surface area is 119 Å². The van der Waals surface area contributed by atoms with Gasteiger partial charge in [-0.05, 0) is 30.2 Å². The Morgan fingerprint density at radius 1 is 1.32 bits per heavy atom. The molecule has 0 unspecified atom stereocenters. The lowest BCUT2D eigenvalue weighted by Crippen LogP contribution is -2.13. The van der Waals surface area contributed by atoms with Crippen LogP contribution in [0.2, 0.25) is 0 Å². The highest BCUT2D eigenvalue weighted by Crippen LogP contribution is 2.13. The standard InChI is InChI=1S/C14H12BrFN2O/c15-11-7-8-17-13(9-11)18-14(19)6-5-10-3-1-2-4-12(10)16/h1-4,7-9H,5-6H2,(H,17,18,19). The lowest BCUT2D eigenvalue weighted by Gasteiger charge is -2.05. The van der Waals surface area contributed by atoms with Gasteiger partial charge in [-0.15, -0.1) is 0 Å². The van der Waals surface area contributed by atoms with E-state index in [1.807, 2.05) is 0 Å². The summed E-state index contributed by atoms with van der Waals surface area (Å²) in [4.78, 5) is 15.7. The van der Waals surface area contributed by atoms with E-state index < -0.39 is 0 Å². The van der Waals surface area contributed by atoms with Crippen molar-refractivity contribution in [1.29, 1.82) is 0 Å². The highest BCUT2D eigenvalue weighted by atomic mass is 79.9. The number of anilines is 1. The third kappa shape index (κ3) is 4.13. The van der Waals surface area contributed by atoms with Gasteiger partial charge in [0.15, 0.2) is 0 Å². The molecular weight excluding hydrogens is 311 g/mol. The fourth-order valence-corrected chi connectivity index (χ4v) is 1.96. The zero-order chi connectivity index (χ0) is 13.7. The molecule has 2 rings (SSSR count). The Morgan fingerprint density at radius 3 is 2.84 bits per heavy atom. The third-order valence-electron chi connectivity index (χ3n) is 2.57. The molecule has 2 aromatic rings. The Bertz CT molecular complexity index is 589. The molecule has 0 saturated carbocycles. The summed E-state index contributed by atoms with van der Waals surface area (Å²) >= 11 is 3.30. The number of hydrogen-bond donors (Lipinski definition) is 1. The molecule has 0 aliphatic rings. The lowest BCUT2D eigenvalue weighted by molar-refractivity contribution is -0.116. The van der Waals surface area contributed by atoms with Gasteiger partial charge in [-0.1, -0.05) is 34.1 Å². The fourth-order valence-electron chi connectivity index (χ4n) is 1.63. The molecule has 19 heavy (non-hydrogen) atoms. The van der Waals surface area contributed by atoms with Crippen molar-refractivity contribution < 1.29 is 9.18 Å². The van der Waals surface area contributed by atoms with E-state index in [-0.39, 0.29) is 18.1 Å². The summed E-state index contributed by atoms with van der Waals surface area (Å²) < 4.78 is 14.2. The third-order valence-corrected chi connectivity index (χ3v) is 3.06. The number of amides is 1. The molecule has 1 amide bonds. The van der Waals surface area contributed by atoms with Crippen molar-refractivity contribution in [1.82, 2.24) is 4.98 Å². The van der Waals surface area contributed by atoms with E-state index in [9.17, 15) is 9.18 Å². The Morgan fingerprint density at radius 2 is 2.11 bits per heavy atom. The number of halogens is 2. The van der Waals surface area contributed by atoms with Crippen LogP contribution in [-0.2, 0) is 11.2 Å². The molecule has 3 nitrogen and oxygen atoms in total. The summed E-state index contributed by atoms with van der Waals surface area (Å²) in [5.74, 6) is 0.0117. The zero-order valence-corrected chi connectivity index (χ0v) is 11.7. The first-order valence-corrected chi connectivity index (χ1v) is 6.59. The number of aromatic nitrogens is 1. The number of nitrogens with one attached hydrogen (secondary N) is 1. The minimum atomic E-state index is -0.282. The van der Waals surface area contributed by atoms with Gasteiger partial charge < -0.3 is 5.32 Å². The van der Waals surface area contributed by atoms with Crippen molar-refractivity contribution in [3.63, 3.8) is 0 Å². The van der Waals surface area contributed by atoms with Gasteiger partial charge in [0.25, 0.3) is 0 Å². The Balaban J connectivity index is 1.90. The first-order chi connectivity index (χ1) is 9.15. The van der Waals surface area contributed by atoms with Gasteiger partial charge in [-0.25, -0.2) is 9.37 Å². The van der Waals surface area contributed by atoms with Crippen LogP contribution in [0, 0.1) is 5.82 Å². The van der Waals surface area contributed by atoms with Gasteiger partial charge in [-0.3, -0.25) is 4.79 Å². The molecule has 0 radical (unpaired) electrons. The monoisotopic (exact) mass is 322 g/mol. The average molecular weight is 323 g/mol. The first-order valence-electron chi connectivity index (χ1n) is 5.80. The van der Waals surface area contributed by atoms with Crippen molar-refractivity contribution in [2.75, 3.05) is 5.32 Å². The second-order valence-electron chi connectivity index (χ2n) is 4.00. The number of hydrogen-bond acceptors (Lipinski definition) is 2. The average Bonchev–Trinajstić information content (AvgIpc) is 2.38. The van der Waals surface area contributed by atoms with Gasteiger partial charge in [0.2, 0.25) is 5.91 Å². The molecule has 1 aromatic carbocycles. The number of rotatable bonds is 4. The molecule has 1 heterocycles. The van der Waals surface area contributed by atoms with Crippen molar-refractivity contribution in [3.8, 4) is 0 Å². The van der Waals surface area contributed by atoms with E-state index >= 15 is 0 Å². The molecular formula is C14H12BrFN2O. The van der Waals surface area contributed by atoms with Crippen molar-refractivity contribution in [2.24, 2.45) is 0 Å². The number of carbonyl (C=O) groups excluding carboxylic acids is 1. The summed E-state index contributed by atoms with van der Waals surface area (Å²) in [5, 5.41) is 2.67. The van der Waals surface area contributed by atoms with E-state index in [2.05, 4.69) is 26.2 Å². The van der Waals surface area contributed by atoms with Crippen LogP contribution in [0.25, 0.3) is 0 Å². The van der Waals surface area contributed by atoms with E-state index in [1.54, 1.807) is 36.5 Å². The molecule has 5 heteroatoms. The highest BCUT2D eigenvalue weighted by Gasteiger charge is 2.06. The Kier molecular flexibility index (Phi) is 4.63. The Hall–Kier alpha value is -1.75. The molecule has 0 saturated heterocycles. The van der Waals surface area contributed by atoms with E-state index in [4.69, 9.17) is 0 Å². The number of aryl methyl sites for hydroxylation is 1. The summed E-state index contributed by atoms with van der Waals surface area (Å²) in [5.41, 5.74) is 0.542. The molecule has 98 valence electrons. The summed E-state index contributed by atoms with van der Waals surface area (Å²) in [6, 6.07) is 9.94. The predicted octanol–water partition coefficient (Wildman–Crippen LogP) is 3.55. The van der Waals surface area contributed by atoms with Crippen LogP contribution in [0.15, 0.2) is 47.1 Å². The molecule has 0 aliphatic heterocycles. The quantitative estimate of drug-likeness (QED) is 0.935. The van der Waals surface area contributed by atoms with Crippen LogP contribution in [-0.4, -0.2) is 10.9 Å². The SMILES string of the molecule is O=C(CCc1ccccc1F)Nc1cc(Br)ccn1. The normalized spacial score (nSPS) is 10.2. The minimum Gasteiger partial charge on any atom is -0.311 e. The second kappa shape index (κ2) is 6.43.